The van der Waals surface area contributed by atoms with Gasteiger partial charge in [0.05, 0.1) is 0 Å². The highest BCUT2D eigenvalue weighted by molar-refractivity contribution is 5.19. The summed E-state index contributed by atoms with van der Waals surface area (Å²) in [4.78, 5) is 0. The minimum Gasteiger partial charge on any atom is -0.385 e. The number of nitrogens with one attached hydrogen (secondary N) is 1. The number of methoxy groups -OCH3 is 1. The third-order valence-electron chi connectivity index (χ3n) is 2.82. The summed E-state index contributed by atoms with van der Waals surface area (Å²) in [6, 6.07) is 10.7. The third-order valence-corrected chi connectivity index (χ3v) is 2.82. The third kappa shape index (κ3) is 5.85. The summed E-state index contributed by atoms with van der Waals surface area (Å²) in [5, 5.41) is 3.57. The molecule has 0 saturated carbocycles. The summed E-state index contributed by atoms with van der Waals surface area (Å²) in [6.07, 6.45) is 1.06. The van der Waals surface area contributed by atoms with Crippen LogP contribution in [0.4, 0.5) is 0 Å². The minimum atomic E-state index is 0.167. The van der Waals surface area contributed by atoms with E-state index in [0.717, 1.165) is 19.6 Å². The SMILES string of the molecule is COCCC(CNC(C)(C)C)c1ccccc1. The molecule has 0 radical (unpaired) electrons. The van der Waals surface area contributed by atoms with Crippen LogP contribution in [0.25, 0.3) is 0 Å². The Morgan fingerprint density at radius 3 is 2.35 bits per heavy atom. The maximum Gasteiger partial charge on any atom is 0.0468 e. The Hall–Kier alpha value is -0.860. The zero-order chi connectivity index (χ0) is 12.7. The van der Waals surface area contributed by atoms with Gasteiger partial charge in [-0.1, -0.05) is 30.3 Å². The Balaban J connectivity index is 2.61. The lowest BCUT2D eigenvalue weighted by molar-refractivity contribution is 0.185. The van der Waals surface area contributed by atoms with E-state index in [0.29, 0.717) is 5.92 Å². The van der Waals surface area contributed by atoms with Crippen LogP contribution < -0.4 is 5.32 Å². The van der Waals surface area contributed by atoms with Crippen molar-refractivity contribution in [2.45, 2.75) is 38.6 Å². The molecule has 1 unspecified atom stereocenters. The molecule has 1 aromatic rings. The molecule has 96 valence electrons. The molecule has 0 spiro atoms. The van der Waals surface area contributed by atoms with E-state index in [1.165, 1.54) is 5.56 Å². The molecule has 0 aliphatic heterocycles. The molecule has 0 aliphatic carbocycles. The van der Waals surface area contributed by atoms with Crippen molar-refractivity contribution in [2.24, 2.45) is 0 Å². The predicted octanol–water partition coefficient (Wildman–Crippen LogP) is 3.19. The highest BCUT2D eigenvalue weighted by Gasteiger charge is 2.15. The van der Waals surface area contributed by atoms with Crippen LogP contribution in [-0.4, -0.2) is 25.8 Å². The molecule has 0 aromatic heterocycles. The molecule has 1 rings (SSSR count). The molecule has 1 N–H and O–H groups in total. The number of rotatable bonds is 6. The monoisotopic (exact) mass is 235 g/mol. The topological polar surface area (TPSA) is 21.3 Å². The zero-order valence-electron chi connectivity index (χ0n) is 11.5. The van der Waals surface area contributed by atoms with Gasteiger partial charge in [0.2, 0.25) is 0 Å². The average Bonchev–Trinajstić information content (AvgIpc) is 2.29. The Kier molecular flexibility index (Phi) is 5.66. The first kappa shape index (κ1) is 14.2. The van der Waals surface area contributed by atoms with Crippen molar-refractivity contribution in [1.82, 2.24) is 5.32 Å². The normalized spacial score (nSPS) is 13.6. The molecule has 0 amide bonds. The summed E-state index contributed by atoms with van der Waals surface area (Å²) in [5.74, 6) is 0.523. The maximum atomic E-state index is 5.20. The number of hydrogen-bond acceptors (Lipinski definition) is 2. The molecule has 0 aliphatic rings. The van der Waals surface area contributed by atoms with Gasteiger partial charge in [-0.15, -0.1) is 0 Å². The second kappa shape index (κ2) is 6.77. The fraction of sp³-hybridized carbons (Fsp3) is 0.600. The Morgan fingerprint density at radius 2 is 1.82 bits per heavy atom. The van der Waals surface area contributed by atoms with Crippen LogP contribution in [0.15, 0.2) is 30.3 Å². The minimum absolute atomic E-state index is 0.167. The molecule has 17 heavy (non-hydrogen) atoms. The van der Waals surface area contributed by atoms with Gasteiger partial charge in [-0.05, 0) is 38.7 Å². The van der Waals surface area contributed by atoms with Crippen LogP contribution in [0, 0.1) is 0 Å². The first-order valence-corrected chi connectivity index (χ1v) is 6.32. The van der Waals surface area contributed by atoms with Gasteiger partial charge in [-0.2, -0.15) is 0 Å². The van der Waals surface area contributed by atoms with E-state index in [2.05, 4.69) is 56.4 Å². The lowest BCUT2D eigenvalue weighted by atomic mass is 9.95. The first-order chi connectivity index (χ1) is 8.03. The van der Waals surface area contributed by atoms with Crippen molar-refractivity contribution >= 4 is 0 Å². The summed E-state index contributed by atoms with van der Waals surface area (Å²) >= 11 is 0. The smallest absolute Gasteiger partial charge is 0.0468 e. The van der Waals surface area contributed by atoms with Crippen LogP contribution in [0.3, 0.4) is 0 Å². The van der Waals surface area contributed by atoms with E-state index < -0.39 is 0 Å². The molecule has 0 saturated heterocycles. The summed E-state index contributed by atoms with van der Waals surface area (Å²) in [6.45, 7) is 8.41. The van der Waals surface area contributed by atoms with Gasteiger partial charge in [0, 0.05) is 25.8 Å². The van der Waals surface area contributed by atoms with Crippen LogP contribution >= 0.6 is 0 Å². The quantitative estimate of drug-likeness (QED) is 0.817. The van der Waals surface area contributed by atoms with Crippen LogP contribution in [0.1, 0.15) is 38.7 Å². The van der Waals surface area contributed by atoms with Gasteiger partial charge < -0.3 is 10.1 Å². The summed E-state index contributed by atoms with van der Waals surface area (Å²) in [7, 11) is 1.76. The van der Waals surface area contributed by atoms with E-state index >= 15 is 0 Å². The van der Waals surface area contributed by atoms with Gasteiger partial charge >= 0.3 is 0 Å². The van der Waals surface area contributed by atoms with Gasteiger partial charge in [-0.25, -0.2) is 0 Å². The van der Waals surface area contributed by atoms with Crippen LogP contribution in [0.5, 0.6) is 0 Å². The van der Waals surface area contributed by atoms with Crippen molar-refractivity contribution in [3.63, 3.8) is 0 Å². The van der Waals surface area contributed by atoms with Crippen molar-refractivity contribution in [1.29, 1.82) is 0 Å². The molecule has 0 bridgehead atoms. The summed E-state index contributed by atoms with van der Waals surface area (Å²) in [5.41, 5.74) is 1.56. The van der Waals surface area contributed by atoms with Gasteiger partial charge in [0.15, 0.2) is 0 Å². The molecule has 0 fully saturated rings. The molecule has 1 atom stereocenters. The second-order valence-electron chi connectivity index (χ2n) is 5.52. The maximum absolute atomic E-state index is 5.20. The second-order valence-corrected chi connectivity index (χ2v) is 5.52. The van der Waals surface area contributed by atoms with E-state index in [9.17, 15) is 0 Å². The van der Waals surface area contributed by atoms with E-state index in [1.54, 1.807) is 7.11 Å². The average molecular weight is 235 g/mol. The molecule has 1 aromatic carbocycles. The van der Waals surface area contributed by atoms with Crippen molar-refractivity contribution in [3.8, 4) is 0 Å². The number of ether oxygens (including phenoxy) is 1. The Bertz CT molecular complexity index is 302. The standard InChI is InChI=1S/C15H25NO/c1-15(2,3)16-12-14(10-11-17-4)13-8-6-5-7-9-13/h5-9,14,16H,10-12H2,1-4H3. The van der Waals surface area contributed by atoms with Crippen LogP contribution in [-0.2, 0) is 4.74 Å². The Labute approximate surface area is 105 Å². The fourth-order valence-corrected chi connectivity index (χ4v) is 1.80. The molecule has 2 nitrogen and oxygen atoms in total. The lowest BCUT2D eigenvalue weighted by Gasteiger charge is -2.25. The molecular formula is C15H25NO. The fourth-order valence-electron chi connectivity index (χ4n) is 1.80. The van der Waals surface area contributed by atoms with E-state index in [4.69, 9.17) is 4.74 Å². The lowest BCUT2D eigenvalue weighted by Crippen LogP contribution is -2.38. The van der Waals surface area contributed by atoms with Crippen LogP contribution in [0.2, 0.25) is 0 Å². The van der Waals surface area contributed by atoms with Gasteiger partial charge in [0.25, 0.3) is 0 Å². The van der Waals surface area contributed by atoms with E-state index in [-0.39, 0.29) is 5.54 Å². The highest BCUT2D eigenvalue weighted by Crippen LogP contribution is 2.19. The van der Waals surface area contributed by atoms with Crippen molar-refractivity contribution in [3.05, 3.63) is 35.9 Å². The summed E-state index contributed by atoms with van der Waals surface area (Å²) < 4.78 is 5.20. The van der Waals surface area contributed by atoms with Gasteiger partial charge in [0.1, 0.15) is 0 Å². The highest BCUT2D eigenvalue weighted by atomic mass is 16.5. The van der Waals surface area contributed by atoms with Crippen molar-refractivity contribution in [2.75, 3.05) is 20.3 Å². The largest absolute Gasteiger partial charge is 0.385 e. The number of benzene rings is 1. The molecule has 0 heterocycles. The van der Waals surface area contributed by atoms with Gasteiger partial charge in [-0.3, -0.25) is 0 Å². The van der Waals surface area contributed by atoms with Crippen molar-refractivity contribution < 1.29 is 4.74 Å². The number of hydrogen-bond donors (Lipinski definition) is 1. The Morgan fingerprint density at radius 1 is 1.18 bits per heavy atom. The predicted molar refractivity (Wildman–Crippen MR) is 73.4 cm³/mol. The van der Waals surface area contributed by atoms with E-state index in [1.807, 2.05) is 0 Å². The first-order valence-electron chi connectivity index (χ1n) is 6.32. The zero-order valence-corrected chi connectivity index (χ0v) is 11.5. The molecular weight excluding hydrogens is 210 g/mol. The molecule has 2 heteroatoms.